The molecule has 1 heterocycles. The number of rotatable bonds is 4. The van der Waals surface area contributed by atoms with Gasteiger partial charge in [0.25, 0.3) is 0 Å². The van der Waals surface area contributed by atoms with E-state index >= 15 is 0 Å². The summed E-state index contributed by atoms with van der Waals surface area (Å²) >= 11 is 0. The average Bonchev–Trinajstić information content (AvgIpc) is 2.38. The lowest BCUT2D eigenvalue weighted by molar-refractivity contribution is 0.304. The van der Waals surface area contributed by atoms with E-state index in [0.717, 1.165) is 11.1 Å². The number of nitrogens with zero attached hydrogens (tertiary/aromatic N) is 2. The number of nitrogens with one attached hydrogen (secondary N) is 1. The molecule has 0 aliphatic rings. The van der Waals surface area contributed by atoms with Gasteiger partial charge in [0.1, 0.15) is 11.6 Å². The Bertz CT molecular complexity index is 559. The predicted octanol–water partition coefficient (Wildman–Crippen LogP) is 1.84. The molecule has 0 unspecified atom stereocenters. The van der Waals surface area contributed by atoms with E-state index in [1.54, 1.807) is 31.3 Å². The maximum absolute atomic E-state index is 14.0. The van der Waals surface area contributed by atoms with E-state index in [1.165, 1.54) is 6.07 Å². The lowest BCUT2D eigenvalue weighted by Crippen LogP contribution is -2.22. The van der Waals surface area contributed by atoms with Crippen molar-refractivity contribution >= 4 is 22.3 Å². The maximum atomic E-state index is 14.0. The van der Waals surface area contributed by atoms with Crippen LogP contribution < -0.4 is 10.2 Å². The zero-order valence-corrected chi connectivity index (χ0v) is 10.4. The summed E-state index contributed by atoms with van der Waals surface area (Å²) in [5.74, 6) is 0.230. The van der Waals surface area contributed by atoms with Gasteiger partial charge in [0.15, 0.2) is 0 Å². The van der Waals surface area contributed by atoms with Crippen LogP contribution in [0, 0.1) is 5.82 Å². The first-order valence-electron chi connectivity index (χ1n) is 5.76. The first-order chi connectivity index (χ1) is 8.69. The molecule has 0 bridgehead atoms. The average molecular weight is 249 g/mol. The molecule has 0 fully saturated rings. The maximum Gasteiger partial charge on any atom is 0.139 e. The first-order valence-corrected chi connectivity index (χ1v) is 5.76. The third-order valence-corrected chi connectivity index (χ3v) is 2.91. The van der Waals surface area contributed by atoms with Gasteiger partial charge in [-0.25, -0.2) is 9.37 Å². The van der Waals surface area contributed by atoms with Gasteiger partial charge in [-0.2, -0.15) is 0 Å². The number of likely N-dealkylation sites (N-methyl/N-ethyl adjacent to an activating group) is 1. The van der Waals surface area contributed by atoms with Crippen molar-refractivity contribution < 1.29 is 9.50 Å². The molecule has 0 saturated carbocycles. The van der Waals surface area contributed by atoms with Crippen LogP contribution in [-0.4, -0.2) is 37.3 Å². The molecule has 2 N–H and O–H groups in total. The second-order valence-electron chi connectivity index (χ2n) is 4.05. The van der Waals surface area contributed by atoms with Gasteiger partial charge in [0, 0.05) is 26.0 Å². The summed E-state index contributed by atoms with van der Waals surface area (Å²) in [5, 5.41) is 13.2. The second kappa shape index (κ2) is 5.18. The minimum Gasteiger partial charge on any atom is -0.395 e. The molecule has 0 saturated heterocycles. The van der Waals surface area contributed by atoms with Gasteiger partial charge >= 0.3 is 0 Å². The quantitative estimate of drug-likeness (QED) is 0.868. The van der Waals surface area contributed by atoms with Crippen molar-refractivity contribution in [2.75, 3.05) is 37.5 Å². The highest BCUT2D eigenvalue weighted by atomic mass is 19.1. The zero-order valence-electron chi connectivity index (χ0n) is 10.4. The Labute approximate surface area is 105 Å². The normalized spacial score (nSPS) is 10.7. The second-order valence-corrected chi connectivity index (χ2v) is 4.05. The van der Waals surface area contributed by atoms with Gasteiger partial charge < -0.3 is 15.3 Å². The number of benzene rings is 1. The molecular weight excluding hydrogens is 233 g/mol. The van der Waals surface area contributed by atoms with Crippen LogP contribution in [0.1, 0.15) is 0 Å². The van der Waals surface area contributed by atoms with Crippen molar-refractivity contribution in [1.29, 1.82) is 0 Å². The Kier molecular flexibility index (Phi) is 3.62. The SMILES string of the molecule is CNc1cnc(N(C)CCO)c2c(F)cccc12. The van der Waals surface area contributed by atoms with E-state index in [2.05, 4.69) is 10.3 Å². The largest absolute Gasteiger partial charge is 0.395 e. The molecular formula is C13H16FN3O. The van der Waals surface area contributed by atoms with Crippen molar-refractivity contribution in [3.63, 3.8) is 0 Å². The monoisotopic (exact) mass is 249 g/mol. The summed E-state index contributed by atoms with van der Waals surface area (Å²) < 4.78 is 14.0. The third-order valence-electron chi connectivity index (χ3n) is 2.91. The van der Waals surface area contributed by atoms with Gasteiger partial charge in [0.05, 0.1) is 23.9 Å². The van der Waals surface area contributed by atoms with Crippen LogP contribution in [0.4, 0.5) is 15.9 Å². The topological polar surface area (TPSA) is 48.4 Å². The van der Waals surface area contributed by atoms with E-state index in [1.807, 2.05) is 6.07 Å². The summed E-state index contributed by atoms with van der Waals surface area (Å²) in [7, 11) is 3.56. The summed E-state index contributed by atoms with van der Waals surface area (Å²) in [5.41, 5.74) is 0.783. The van der Waals surface area contributed by atoms with E-state index in [9.17, 15) is 4.39 Å². The van der Waals surface area contributed by atoms with E-state index in [-0.39, 0.29) is 12.4 Å². The van der Waals surface area contributed by atoms with Crippen LogP contribution in [0.25, 0.3) is 10.8 Å². The van der Waals surface area contributed by atoms with E-state index < -0.39 is 0 Å². The molecule has 2 aromatic rings. The molecule has 0 radical (unpaired) electrons. The third kappa shape index (κ3) is 2.09. The first kappa shape index (κ1) is 12.6. The van der Waals surface area contributed by atoms with Gasteiger partial charge in [-0.05, 0) is 6.07 Å². The van der Waals surface area contributed by atoms with Crippen LogP contribution in [-0.2, 0) is 0 Å². The number of hydrogen-bond donors (Lipinski definition) is 2. The Morgan fingerprint density at radius 2 is 2.22 bits per heavy atom. The Balaban J connectivity index is 2.68. The fourth-order valence-electron chi connectivity index (χ4n) is 1.98. The number of aliphatic hydroxyl groups is 1. The number of fused-ring (bicyclic) bond motifs is 1. The Hall–Kier alpha value is -1.88. The van der Waals surface area contributed by atoms with Gasteiger partial charge in [-0.15, -0.1) is 0 Å². The van der Waals surface area contributed by atoms with Gasteiger partial charge in [-0.1, -0.05) is 12.1 Å². The lowest BCUT2D eigenvalue weighted by atomic mass is 10.1. The molecule has 1 aromatic heterocycles. The van der Waals surface area contributed by atoms with Crippen molar-refractivity contribution in [2.45, 2.75) is 0 Å². The van der Waals surface area contributed by atoms with Gasteiger partial charge in [0.2, 0.25) is 0 Å². The predicted molar refractivity (Wildman–Crippen MR) is 71.6 cm³/mol. The van der Waals surface area contributed by atoms with Crippen molar-refractivity contribution in [3.05, 3.63) is 30.2 Å². The molecule has 0 amide bonds. The molecule has 0 atom stereocenters. The van der Waals surface area contributed by atoms with Crippen molar-refractivity contribution in [2.24, 2.45) is 0 Å². The summed E-state index contributed by atoms with van der Waals surface area (Å²) in [4.78, 5) is 6.01. The van der Waals surface area contributed by atoms with Crippen LogP contribution >= 0.6 is 0 Å². The van der Waals surface area contributed by atoms with E-state index in [0.29, 0.717) is 17.7 Å². The Morgan fingerprint density at radius 3 is 2.89 bits per heavy atom. The number of halogens is 1. The molecule has 0 aliphatic heterocycles. The zero-order chi connectivity index (χ0) is 13.1. The fraction of sp³-hybridized carbons (Fsp3) is 0.308. The molecule has 0 spiro atoms. The number of pyridine rings is 1. The van der Waals surface area contributed by atoms with Crippen LogP contribution in [0.5, 0.6) is 0 Å². The van der Waals surface area contributed by atoms with Crippen molar-refractivity contribution in [3.8, 4) is 0 Å². The highest BCUT2D eigenvalue weighted by Gasteiger charge is 2.13. The molecule has 4 nitrogen and oxygen atoms in total. The minimum atomic E-state index is -0.308. The lowest BCUT2D eigenvalue weighted by Gasteiger charge is -2.20. The standard InChI is InChI=1S/C13H16FN3O/c1-15-11-8-16-13(17(2)6-7-18)12-9(11)4-3-5-10(12)14/h3-5,8,15,18H,6-7H2,1-2H3. The number of aliphatic hydroxyl groups excluding tert-OH is 1. The molecule has 0 aliphatic carbocycles. The number of aromatic nitrogens is 1. The molecule has 96 valence electrons. The highest BCUT2D eigenvalue weighted by Crippen LogP contribution is 2.31. The summed E-state index contributed by atoms with van der Waals surface area (Å²) in [6, 6.07) is 4.94. The minimum absolute atomic E-state index is 0.00189. The smallest absolute Gasteiger partial charge is 0.139 e. The molecule has 1 aromatic carbocycles. The van der Waals surface area contributed by atoms with Crippen LogP contribution in [0.2, 0.25) is 0 Å². The fourth-order valence-corrected chi connectivity index (χ4v) is 1.98. The van der Waals surface area contributed by atoms with E-state index in [4.69, 9.17) is 5.11 Å². The van der Waals surface area contributed by atoms with Crippen LogP contribution in [0.15, 0.2) is 24.4 Å². The van der Waals surface area contributed by atoms with Gasteiger partial charge in [-0.3, -0.25) is 0 Å². The summed E-state index contributed by atoms with van der Waals surface area (Å²) in [6.45, 7) is 0.414. The Morgan fingerprint density at radius 1 is 1.44 bits per heavy atom. The molecule has 18 heavy (non-hydrogen) atoms. The summed E-state index contributed by atoms with van der Waals surface area (Å²) in [6.07, 6.45) is 1.67. The highest BCUT2D eigenvalue weighted by molar-refractivity contribution is 6.00. The van der Waals surface area contributed by atoms with Crippen LogP contribution in [0.3, 0.4) is 0 Å². The van der Waals surface area contributed by atoms with Crippen molar-refractivity contribution in [1.82, 2.24) is 4.98 Å². The number of anilines is 2. The molecule has 2 rings (SSSR count). The number of hydrogen-bond acceptors (Lipinski definition) is 4. The molecule has 5 heteroatoms.